The van der Waals surface area contributed by atoms with E-state index in [-0.39, 0.29) is 0 Å². The van der Waals surface area contributed by atoms with E-state index < -0.39 is 0 Å². The average Bonchev–Trinajstić information content (AvgIpc) is 2.48. The molecule has 0 aliphatic heterocycles. The molecule has 3 rings (SSSR count). The van der Waals surface area contributed by atoms with Crippen LogP contribution in [0.1, 0.15) is 23.5 Å². The smallest absolute Gasteiger partial charge is 0.00727 e. The van der Waals surface area contributed by atoms with Gasteiger partial charge in [-0.25, -0.2) is 0 Å². The second-order valence-corrected chi connectivity index (χ2v) is 5.82. The van der Waals surface area contributed by atoms with Crippen LogP contribution in [0.15, 0.2) is 77.3 Å². The number of allylic oxidation sites excluding steroid dienone is 4. The SMILES string of the molecule is BrC1=CC(c2ccccc2)=CC(c2ccccc2)C1. The molecule has 0 saturated carbocycles. The minimum Gasteiger partial charge on any atom is -0.0688 e. The molecular weight excluding hydrogens is 296 g/mol. The summed E-state index contributed by atoms with van der Waals surface area (Å²) in [5.41, 5.74) is 3.95. The minimum absolute atomic E-state index is 0.454. The first-order chi connectivity index (χ1) is 9.33. The molecule has 1 atom stereocenters. The highest BCUT2D eigenvalue weighted by Crippen LogP contribution is 2.36. The molecule has 0 fully saturated rings. The lowest BCUT2D eigenvalue weighted by molar-refractivity contribution is 0.850. The summed E-state index contributed by atoms with van der Waals surface area (Å²) in [6.07, 6.45) is 5.64. The first-order valence-corrected chi connectivity index (χ1v) is 7.30. The number of benzene rings is 2. The Kier molecular flexibility index (Phi) is 3.65. The summed E-state index contributed by atoms with van der Waals surface area (Å²) in [5, 5.41) is 0. The lowest BCUT2D eigenvalue weighted by Gasteiger charge is -2.20. The van der Waals surface area contributed by atoms with Crippen molar-refractivity contribution in [3.05, 3.63) is 88.4 Å². The maximum Gasteiger partial charge on any atom is 0.00727 e. The molecule has 2 aromatic carbocycles. The Morgan fingerprint density at radius 1 is 0.842 bits per heavy atom. The third kappa shape index (κ3) is 2.87. The van der Waals surface area contributed by atoms with Crippen molar-refractivity contribution in [2.75, 3.05) is 0 Å². The van der Waals surface area contributed by atoms with E-state index in [1.807, 2.05) is 0 Å². The number of hydrogen-bond acceptors (Lipinski definition) is 0. The van der Waals surface area contributed by atoms with Crippen molar-refractivity contribution >= 4 is 21.5 Å². The van der Waals surface area contributed by atoms with Gasteiger partial charge >= 0.3 is 0 Å². The molecule has 1 unspecified atom stereocenters. The fraction of sp³-hybridized carbons (Fsp3) is 0.111. The maximum absolute atomic E-state index is 3.68. The van der Waals surface area contributed by atoms with Gasteiger partial charge in [-0.1, -0.05) is 82.7 Å². The lowest BCUT2D eigenvalue weighted by Crippen LogP contribution is -2.01. The Morgan fingerprint density at radius 2 is 1.47 bits per heavy atom. The Hall–Kier alpha value is -1.60. The summed E-state index contributed by atoms with van der Waals surface area (Å²) in [4.78, 5) is 0. The highest BCUT2D eigenvalue weighted by Gasteiger charge is 2.16. The van der Waals surface area contributed by atoms with Crippen LogP contribution >= 0.6 is 15.9 Å². The molecule has 1 aliphatic carbocycles. The molecule has 1 aliphatic rings. The fourth-order valence-electron chi connectivity index (χ4n) is 2.49. The molecule has 0 heterocycles. The first kappa shape index (κ1) is 12.4. The molecule has 0 spiro atoms. The van der Waals surface area contributed by atoms with E-state index in [0.29, 0.717) is 5.92 Å². The lowest BCUT2D eigenvalue weighted by atomic mass is 9.87. The Bertz CT molecular complexity index is 609. The van der Waals surface area contributed by atoms with E-state index in [4.69, 9.17) is 0 Å². The van der Waals surface area contributed by atoms with Gasteiger partial charge in [0, 0.05) is 5.92 Å². The van der Waals surface area contributed by atoms with Gasteiger partial charge in [0.25, 0.3) is 0 Å². The van der Waals surface area contributed by atoms with Crippen LogP contribution in [-0.2, 0) is 0 Å². The van der Waals surface area contributed by atoms with E-state index >= 15 is 0 Å². The topological polar surface area (TPSA) is 0 Å². The Labute approximate surface area is 122 Å². The third-order valence-electron chi connectivity index (χ3n) is 3.44. The molecule has 1 heteroatoms. The summed E-state index contributed by atoms with van der Waals surface area (Å²) < 4.78 is 1.27. The molecule has 2 aromatic rings. The zero-order valence-electron chi connectivity index (χ0n) is 10.6. The number of halogens is 1. The van der Waals surface area contributed by atoms with Crippen LogP contribution in [0, 0.1) is 0 Å². The molecule has 0 nitrogen and oxygen atoms in total. The molecule has 0 saturated heterocycles. The Morgan fingerprint density at radius 3 is 2.16 bits per heavy atom. The van der Waals surface area contributed by atoms with Crippen LogP contribution in [0.5, 0.6) is 0 Å². The van der Waals surface area contributed by atoms with Crippen LogP contribution in [0.2, 0.25) is 0 Å². The summed E-state index contributed by atoms with van der Waals surface area (Å²) in [6.45, 7) is 0. The zero-order valence-corrected chi connectivity index (χ0v) is 12.2. The van der Waals surface area contributed by atoms with Gasteiger partial charge in [0.1, 0.15) is 0 Å². The van der Waals surface area contributed by atoms with Gasteiger partial charge in [0.05, 0.1) is 0 Å². The standard InChI is InChI=1S/C18H15Br/c19-18-12-16(14-7-3-1-4-8-14)11-17(13-18)15-9-5-2-6-10-15/h1-12,17H,13H2. The molecule has 0 radical (unpaired) electrons. The van der Waals surface area contributed by atoms with E-state index in [2.05, 4.69) is 88.7 Å². The monoisotopic (exact) mass is 310 g/mol. The van der Waals surface area contributed by atoms with Crippen molar-refractivity contribution in [1.82, 2.24) is 0 Å². The quantitative estimate of drug-likeness (QED) is 0.683. The second kappa shape index (κ2) is 5.58. The molecule has 94 valence electrons. The van der Waals surface area contributed by atoms with Crippen molar-refractivity contribution < 1.29 is 0 Å². The van der Waals surface area contributed by atoms with Gasteiger partial charge in [-0.05, 0) is 33.7 Å². The van der Waals surface area contributed by atoms with Crippen molar-refractivity contribution in [1.29, 1.82) is 0 Å². The highest BCUT2D eigenvalue weighted by molar-refractivity contribution is 9.11. The van der Waals surface area contributed by atoms with Crippen molar-refractivity contribution in [2.45, 2.75) is 12.3 Å². The molecular formula is C18H15Br. The van der Waals surface area contributed by atoms with E-state index in [0.717, 1.165) is 6.42 Å². The van der Waals surface area contributed by atoms with Gasteiger partial charge in [-0.2, -0.15) is 0 Å². The van der Waals surface area contributed by atoms with Crippen LogP contribution in [-0.4, -0.2) is 0 Å². The largest absolute Gasteiger partial charge is 0.0688 e. The zero-order chi connectivity index (χ0) is 13.1. The number of hydrogen-bond donors (Lipinski definition) is 0. The van der Waals surface area contributed by atoms with Crippen LogP contribution in [0.25, 0.3) is 5.57 Å². The fourth-order valence-corrected chi connectivity index (χ4v) is 3.08. The molecule has 0 aromatic heterocycles. The molecule has 0 N–H and O–H groups in total. The predicted molar refractivity (Wildman–Crippen MR) is 85.2 cm³/mol. The molecule has 19 heavy (non-hydrogen) atoms. The molecule has 0 bridgehead atoms. The average molecular weight is 311 g/mol. The first-order valence-electron chi connectivity index (χ1n) is 6.51. The normalized spacial score (nSPS) is 18.7. The van der Waals surface area contributed by atoms with Gasteiger partial charge in [-0.3, -0.25) is 0 Å². The van der Waals surface area contributed by atoms with Gasteiger partial charge < -0.3 is 0 Å². The Balaban J connectivity index is 1.98. The third-order valence-corrected chi connectivity index (χ3v) is 4.00. The highest BCUT2D eigenvalue weighted by atomic mass is 79.9. The van der Waals surface area contributed by atoms with E-state index in [1.165, 1.54) is 21.2 Å². The van der Waals surface area contributed by atoms with Crippen molar-refractivity contribution in [3.63, 3.8) is 0 Å². The van der Waals surface area contributed by atoms with E-state index in [1.54, 1.807) is 0 Å². The van der Waals surface area contributed by atoms with Crippen LogP contribution in [0.3, 0.4) is 0 Å². The van der Waals surface area contributed by atoms with Gasteiger partial charge in [0.15, 0.2) is 0 Å². The van der Waals surface area contributed by atoms with Crippen molar-refractivity contribution in [2.24, 2.45) is 0 Å². The predicted octanol–water partition coefficient (Wildman–Crippen LogP) is 5.54. The van der Waals surface area contributed by atoms with Crippen molar-refractivity contribution in [3.8, 4) is 0 Å². The number of rotatable bonds is 2. The second-order valence-electron chi connectivity index (χ2n) is 4.80. The summed E-state index contributed by atoms with van der Waals surface area (Å²) in [7, 11) is 0. The van der Waals surface area contributed by atoms with Crippen LogP contribution in [0.4, 0.5) is 0 Å². The minimum atomic E-state index is 0.454. The molecule has 0 amide bonds. The van der Waals surface area contributed by atoms with Gasteiger partial charge in [0.2, 0.25) is 0 Å². The summed E-state index contributed by atoms with van der Waals surface area (Å²) in [5.74, 6) is 0.454. The summed E-state index contributed by atoms with van der Waals surface area (Å²) in [6, 6.07) is 21.2. The summed E-state index contributed by atoms with van der Waals surface area (Å²) >= 11 is 3.68. The van der Waals surface area contributed by atoms with E-state index in [9.17, 15) is 0 Å². The van der Waals surface area contributed by atoms with Crippen LogP contribution < -0.4 is 0 Å². The maximum atomic E-state index is 3.68. The van der Waals surface area contributed by atoms with Gasteiger partial charge in [-0.15, -0.1) is 0 Å².